The average molecular weight is 303 g/mol. The van der Waals surface area contributed by atoms with Crippen LogP contribution in [-0.2, 0) is 13.8 Å². The Morgan fingerprint density at radius 1 is 1.25 bits per heavy atom. The van der Waals surface area contributed by atoms with Crippen molar-refractivity contribution in [3.05, 3.63) is 34.4 Å². The number of benzene rings is 1. The Labute approximate surface area is 115 Å². The van der Waals surface area contributed by atoms with Crippen molar-refractivity contribution < 1.29 is 28.3 Å². The van der Waals surface area contributed by atoms with Gasteiger partial charge in [-0.05, 0) is 12.1 Å². The fraction of sp³-hybridized carbons (Fsp3) is 0.364. The highest BCUT2D eigenvalue weighted by molar-refractivity contribution is 7.57. The number of non-ortho nitro benzene ring substituents is 1. The van der Waals surface area contributed by atoms with Crippen LogP contribution in [0.15, 0.2) is 24.3 Å². The van der Waals surface area contributed by atoms with Gasteiger partial charge in [0.15, 0.2) is 7.37 Å². The third-order valence-electron chi connectivity index (χ3n) is 1.95. The lowest BCUT2D eigenvalue weighted by atomic mass is 10.3. The van der Waals surface area contributed by atoms with Gasteiger partial charge in [0, 0.05) is 25.5 Å². The average Bonchev–Trinajstić information content (AvgIpc) is 2.34. The van der Waals surface area contributed by atoms with Crippen LogP contribution in [0.2, 0.25) is 0 Å². The van der Waals surface area contributed by atoms with Gasteiger partial charge >= 0.3 is 6.16 Å². The van der Waals surface area contributed by atoms with Crippen molar-refractivity contribution in [2.24, 2.45) is 0 Å². The van der Waals surface area contributed by atoms with Crippen molar-refractivity contribution in [3.8, 4) is 5.75 Å². The smallest absolute Gasteiger partial charge is 0.432 e. The molecule has 8 nitrogen and oxygen atoms in total. The maximum atomic E-state index is 11.3. The van der Waals surface area contributed by atoms with Crippen molar-refractivity contribution in [1.82, 2.24) is 0 Å². The highest BCUT2D eigenvalue weighted by Gasteiger charge is 2.10. The Kier molecular flexibility index (Phi) is 5.66. The summed E-state index contributed by atoms with van der Waals surface area (Å²) in [5.41, 5.74) is -0.110. The van der Waals surface area contributed by atoms with Crippen molar-refractivity contribution in [3.63, 3.8) is 0 Å². The minimum atomic E-state index is -2.60. The monoisotopic (exact) mass is 303 g/mol. The van der Waals surface area contributed by atoms with Crippen LogP contribution in [0, 0.1) is 10.1 Å². The minimum Gasteiger partial charge on any atom is -0.432 e. The molecule has 0 aliphatic rings. The second-order valence-corrected chi connectivity index (χ2v) is 6.80. The first kappa shape index (κ1) is 16.1. The first-order valence-electron chi connectivity index (χ1n) is 5.56. The second kappa shape index (κ2) is 7.02. The molecule has 0 aliphatic carbocycles. The van der Waals surface area contributed by atoms with E-state index in [2.05, 4.69) is 4.74 Å². The Morgan fingerprint density at radius 3 is 2.35 bits per heavy atom. The number of nitro benzene ring substituents is 1. The van der Waals surface area contributed by atoms with Crippen molar-refractivity contribution >= 4 is 19.2 Å². The molecule has 0 N–H and O–H groups in total. The Morgan fingerprint density at radius 2 is 1.85 bits per heavy atom. The van der Waals surface area contributed by atoms with Crippen LogP contribution in [0.3, 0.4) is 0 Å². The van der Waals surface area contributed by atoms with E-state index in [1.807, 2.05) is 0 Å². The molecule has 0 bridgehead atoms. The van der Waals surface area contributed by atoms with E-state index in [0.29, 0.717) is 0 Å². The molecular weight excluding hydrogens is 289 g/mol. The van der Waals surface area contributed by atoms with Gasteiger partial charge in [0.05, 0.1) is 11.5 Å². The number of carbonyl (C=O) groups is 1. The molecule has 0 fully saturated rings. The SMILES string of the molecule is CP(C)(=O)OCCOC(=O)Oc1ccc([N+](=O)[O-])cc1. The highest BCUT2D eigenvalue weighted by Crippen LogP contribution is 2.36. The number of hydrogen-bond donors (Lipinski definition) is 0. The third kappa shape index (κ3) is 6.31. The molecule has 0 heterocycles. The van der Waals surface area contributed by atoms with E-state index in [4.69, 9.17) is 9.26 Å². The molecule has 0 aromatic heterocycles. The molecule has 110 valence electrons. The molecule has 0 amide bonds. The molecule has 1 aromatic rings. The molecule has 0 saturated carbocycles. The lowest BCUT2D eigenvalue weighted by molar-refractivity contribution is -0.384. The van der Waals surface area contributed by atoms with Gasteiger partial charge < -0.3 is 14.0 Å². The van der Waals surface area contributed by atoms with E-state index >= 15 is 0 Å². The zero-order valence-corrected chi connectivity index (χ0v) is 11.9. The molecule has 0 saturated heterocycles. The summed E-state index contributed by atoms with van der Waals surface area (Å²) in [6, 6.07) is 4.97. The van der Waals surface area contributed by atoms with Crippen LogP contribution in [0.4, 0.5) is 10.5 Å². The molecule has 0 atom stereocenters. The molecule has 20 heavy (non-hydrogen) atoms. The van der Waals surface area contributed by atoms with Gasteiger partial charge in [-0.25, -0.2) is 4.79 Å². The Balaban J connectivity index is 2.35. The van der Waals surface area contributed by atoms with Gasteiger partial charge in [0.1, 0.15) is 12.4 Å². The summed E-state index contributed by atoms with van der Waals surface area (Å²) in [6.07, 6.45) is -0.968. The van der Waals surface area contributed by atoms with Crippen LogP contribution in [0.5, 0.6) is 5.75 Å². The third-order valence-corrected chi connectivity index (χ3v) is 2.76. The summed E-state index contributed by atoms with van der Waals surface area (Å²) in [4.78, 5) is 21.1. The molecule has 9 heteroatoms. The van der Waals surface area contributed by atoms with Crippen LogP contribution < -0.4 is 4.74 Å². The topological polar surface area (TPSA) is 105 Å². The fourth-order valence-electron chi connectivity index (χ4n) is 1.14. The van der Waals surface area contributed by atoms with Crippen molar-refractivity contribution in [1.29, 1.82) is 0 Å². The molecule has 0 radical (unpaired) electrons. The van der Waals surface area contributed by atoms with E-state index in [1.54, 1.807) is 0 Å². The fourth-order valence-corrected chi connectivity index (χ4v) is 1.66. The molecule has 0 unspecified atom stereocenters. The number of hydrogen-bond acceptors (Lipinski definition) is 7. The summed E-state index contributed by atoms with van der Waals surface area (Å²) in [5.74, 6) is 0.123. The van der Waals surface area contributed by atoms with Crippen molar-refractivity contribution in [2.75, 3.05) is 26.5 Å². The first-order chi connectivity index (χ1) is 9.28. The normalized spacial score (nSPS) is 10.9. The number of ether oxygens (including phenoxy) is 2. The predicted octanol–water partition coefficient (Wildman–Crippen LogP) is 2.66. The molecule has 0 aliphatic heterocycles. The van der Waals surface area contributed by atoms with Gasteiger partial charge in [0.2, 0.25) is 0 Å². The zero-order chi connectivity index (χ0) is 15.2. The molecule has 1 rings (SSSR count). The summed E-state index contributed by atoms with van der Waals surface area (Å²) >= 11 is 0. The first-order valence-corrected chi connectivity index (χ1v) is 8.08. The summed E-state index contributed by atoms with van der Waals surface area (Å²) in [5, 5.41) is 10.4. The van der Waals surface area contributed by atoms with Crippen LogP contribution in [-0.4, -0.2) is 37.6 Å². The van der Waals surface area contributed by atoms with Gasteiger partial charge in [-0.3, -0.25) is 14.7 Å². The lowest BCUT2D eigenvalue weighted by Crippen LogP contribution is -2.14. The minimum absolute atomic E-state index is 0.000358. The number of nitro groups is 1. The lowest BCUT2D eigenvalue weighted by Gasteiger charge is -2.08. The molecular formula is C11H14NO7P. The van der Waals surface area contributed by atoms with Gasteiger partial charge in [-0.1, -0.05) is 0 Å². The highest BCUT2D eigenvalue weighted by atomic mass is 31.2. The number of rotatable bonds is 6. The van der Waals surface area contributed by atoms with Crippen LogP contribution >= 0.6 is 7.37 Å². The van der Waals surface area contributed by atoms with E-state index in [1.165, 1.54) is 37.6 Å². The Bertz CT molecular complexity index is 522. The van der Waals surface area contributed by atoms with E-state index < -0.39 is 18.4 Å². The quantitative estimate of drug-likeness (QED) is 0.199. The summed E-state index contributed by atoms with van der Waals surface area (Å²) < 4.78 is 25.6. The van der Waals surface area contributed by atoms with E-state index in [-0.39, 0.29) is 24.7 Å². The van der Waals surface area contributed by atoms with E-state index in [9.17, 15) is 19.5 Å². The predicted molar refractivity (Wildman–Crippen MR) is 70.5 cm³/mol. The van der Waals surface area contributed by atoms with Gasteiger partial charge in [-0.15, -0.1) is 0 Å². The number of nitrogens with zero attached hydrogens (tertiary/aromatic N) is 1. The summed E-state index contributed by atoms with van der Waals surface area (Å²) in [6.45, 7) is 2.79. The molecule has 0 spiro atoms. The van der Waals surface area contributed by atoms with Crippen LogP contribution in [0.1, 0.15) is 0 Å². The summed E-state index contributed by atoms with van der Waals surface area (Å²) in [7, 11) is -2.60. The van der Waals surface area contributed by atoms with Crippen LogP contribution in [0.25, 0.3) is 0 Å². The van der Waals surface area contributed by atoms with E-state index in [0.717, 1.165) is 0 Å². The zero-order valence-electron chi connectivity index (χ0n) is 11.0. The molecule has 1 aromatic carbocycles. The van der Waals surface area contributed by atoms with Gasteiger partial charge in [0.25, 0.3) is 5.69 Å². The second-order valence-electron chi connectivity index (χ2n) is 4.04. The maximum absolute atomic E-state index is 11.3. The Hall–Kier alpha value is -1.92. The largest absolute Gasteiger partial charge is 0.513 e. The standard InChI is InChI=1S/C11H14NO7P/c1-20(2,16)18-8-7-17-11(13)19-10-5-3-9(4-6-10)12(14)15/h3-6H,7-8H2,1-2H3. The van der Waals surface area contributed by atoms with Crippen molar-refractivity contribution in [2.45, 2.75) is 0 Å². The van der Waals surface area contributed by atoms with Gasteiger partial charge in [-0.2, -0.15) is 0 Å². The number of carbonyl (C=O) groups excluding carboxylic acids is 1. The maximum Gasteiger partial charge on any atom is 0.513 e.